The largest absolute Gasteiger partial charge is 0.492 e. The van der Waals surface area contributed by atoms with Crippen LogP contribution in [0, 0.1) is 0 Å². The summed E-state index contributed by atoms with van der Waals surface area (Å²) < 4.78 is 5.70. The van der Waals surface area contributed by atoms with E-state index in [2.05, 4.69) is 20.9 Å². The predicted octanol–water partition coefficient (Wildman–Crippen LogP) is 4.07. The first kappa shape index (κ1) is 24.8. The van der Waals surface area contributed by atoms with Crippen molar-refractivity contribution in [2.24, 2.45) is 4.99 Å². The number of rotatable bonds is 8. The standard InChI is InChI=1S/C23H31N5O2.HI/c1-2-24-22(25-13-16-30-21-11-4-3-5-12-21)26-18-19-9-8-10-20(17-19)27-23(29)28-14-6-7-15-28;/h3-5,8-12,17H,2,6-7,13-16,18H2,1H3,(H,27,29)(H2,24,25,26);1H. The monoisotopic (exact) mass is 537 g/mol. The van der Waals surface area contributed by atoms with Crippen molar-refractivity contribution in [1.29, 1.82) is 0 Å². The van der Waals surface area contributed by atoms with Crippen LogP contribution < -0.4 is 20.7 Å². The summed E-state index contributed by atoms with van der Waals surface area (Å²) in [6.45, 7) is 6.19. The lowest BCUT2D eigenvalue weighted by Crippen LogP contribution is -2.39. The molecule has 0 aromatic heterocycles. The highest BCUT2D eigenvalue weighted by Gasteiger charge is 2.17. The Balaban J connectivity index is 0.00000341. The summed E-state index contributed by atoms with van der Waals surface area (Å²) in [4.78, 5) is 18.8. The smallest absolute Gasteiger partial charge is 0.321 e. The fourth-order valence-electron chi connectivity index (χ4n) is 3.24. The van der Waals surface area contributed by atoms with Gasteiger partial charge in [0.05, 0.1) is 13.1 Å². The third-order valence-electron chi connectivity index (χ3n) is 4.74. The topological polar surface area (TPSA) is 78.0 Å². The Labute approximate surface area is 201 Å². The Bertz CT molecular complexity index is 826. The highest BCUT2D eigenvalue weighted by molar-refractivity contribution is 14.0. The lowest BCUT2D eigenvalue weighted by atomic mass is 10.2. The van der Waals surface area contributed by atoms with Crippen LogP contribution in [-0.4, -0.2) is 49.7 Å². The average Bonchev–Trinajstić information content (AvgIpc) is 3.31. The number of nitrogens with zero attached hydrogens (tertiary/aromatic N) is 2. The van der Waals surface area contributed by atoms with Gasteiger partial charge in [-0.3, -0.25) is 0 Å². The molecule has 1 aliphatic rings. The van der Waals surface area contributed by atoms with Gasteiger partial charge >= 0.3 is 6.03 Å². The van der Waals surface area contributed by atoms with Gasteiger partial charge in [0, 0.05) is 25.3 Å². The lowest BCUT2D eigenvalue weighted by molar-refractivity contribution is 0.222. The van der Waals surface area contributed by atoms with Crippen LogP contribution in [-0.2, 0) is 6.54 Å². The fraction of sp³-hybridized carbons (Fsp3) is 0.391. The van der Waals surface area contributed by atoms with Crippen molar-refractivity contribution in [3.05, 3.63) is 60.2 Å². The Hall–Kier alpha value is -2.49. The SMILES string of the molecule is CCNC(=NCc1cccc(NC(=O)N2CCCC2)c1)NCCOc1ccccc1.I. The molecule has 3 N–H and O–H groups in total. The number of ether oxygens (including phenoxy) is 1. The van der Waals surface area contributed by atoms with Gasteiger partial charge in [-0.05, 0) is 49.6 Å². The summed E-state index contributed by atoms with van der Waals surface area (Å²) >= 11 is 0. The van der Waals surface area contributed by atoms with Crippen molar-refractivity contribution in [2.45, 2.75) is 26.3 Å². The van der Waals surface area contributed by atoms with E-state index in [0.717, 1.165) is 55.4 Å². The van der Waals surface area contributed by atoms with E-state index in [1.54, 1.807) is 0 Å². The molecular weight excluding hydrogens is 505 g/mol. The summed E-state index contributed by atoms with van der Waals surface area (Å²) in [5.74, 6) is 1.59. The van der Waals surface area contributed by atoms with Gasteiger partial charge in [-0.1, -0.05) is 30.3 Å². The van der Waals surface area contributed by atoms with E-state index >= 15 is 0 Å². The zero-order valence-electron chi connectivity index (χ0n) is 18.0. The van der Waals surface area contributed by atoms with Crippen LogP contribution >= 0.6 is 24.0 Å². The molecule has 0 atom stereocenters. The summed E-state index contributed by atoms with van der Waals surface area (Å²) in [7, 11) is 0. The maximum absolute atomic E-state index is 12.3. The minimum absolute atomic E-state index is 0. The van der Waals surface area contributed by atoms with E-state index in [4.69, 9.17) is 4.74 Å². The van der Waals surface area contributed by atoms with Crippen molar-refractivity contribution >= 4 is 41.7 Å². The number of carbonyl (C=O) groups is 1. The van der Waals surface area contributed by atoms with Crippen molar-refractivity contribution in [3.63, 3.8) is 0 Å². The molecule has 1 fully saturated rings. The Morgan fingerprint density at radius 1 is 1.06 bits per heavy atom. The summed E-state index contributed by atoms with van der Waals surface area (Å²) in [6, 6.07) is 17.6. The molecule has 0 spiro atoms. The van der Waals surface area contributed by atoms with Crippen LogP contribution in [0.1, 0.15) is 25.3 Å². The Morgan fingerprint density at radius 3 is 2.58 bits per heavy atom. The van der Waals surface area contributed by atoms with E-state index in [-0.39, 0.29) is 30.0 Å². The number of guanidine groups is 1. The number of carbonyl (C=O) groups excluding carboxylic acids is 1. The molecule has 2 aromatic carbocycles. The van der Waals surface area contributed by atoms with E-state index in [1.165, 1.54) is 0 Å². The van der Waals surface area contributed by atoms with Gasteiger partial charge in [0.15, 0.2) is 5.96 Å². The second kappa shape index (κ2) is 13.7. The number of para-hydroxylation sites is 1. The van der Waals surface area contributed by atoms with Gasteiger partial charge < -0.3 is 25.6 Å². The third kappa shape index (κ3) is 8.64. The molecule has 3 rings (SSSR count). The number of hydrogen-bond donors (Lipinski definition) is 3. The maximum atomic E-state index is 12.3. The number of aliphatic imine (C=N–C) groups is 1. The van der Waals surface area contributed by atoms with Gasteiger partial charge in [0.1, 0.15) is 12.4 Å². The van der Waals surface area contributed by atoms with Crippen LogP contribution in [0.15, 0.2) is 59.6 Å². The number of anilines is 1. The molecule has 0 aliphatic carbocycles. The fourth-order valence-corrected chi connectivity index (χ4v) is 3.24. The zero-order chi connectivity index (χ0) is 21.0. The summed E-state index contributed by atoms with van der Waals surface area (Å²) in [5, 5.41) is 9.51. The third-order valence-corrected chi connectivity index (χ3v) is 4.74. The van der Waals surface area contributed by atoms with Crippen LogP contribution in [0.25, 0.3) is 0 Å². The van der Waals surface area contributed by atoms with E-state index in [1.807, 2.05) is 66.4 Å². The molecule has 1 saturated heterocycles. The molecule has 168 valence electrons. The van der Waals surface area contributed by atoms with E-state index in [0.29, 0.717) is 19.7 Å². The van der Waals surface area contributed by atoms with Crippen molar-refractivity contribution in [3.8, 4) is 5.75 Å². The van der Waals surface area contributed by atoms with Crippen molar-refractivity contribution < 1.29 is 9.53 Å². The van der Waals surface area contributed by atoms with E-state index in [9.17, 15) is 4.79 Å². The van der Waals surface area contributed by atoms with Crippen molar-refractivity contribution in [1.82, 2.24) is 15.5 Å². The van der Waals surface area contributed by atoms with Gasteiger partial charge in [-0.15, -0.1) is 24.0 Å². The first-order valence-corrected chi connectivity index (χ1v) is 10.6. The number of urea groups is 1. The Kier molecular flexibility index (Phi) is 11.0. The van der Waals surface area contributed by atoms with Gasteiger partial charge in [-0.2, -0.15) is 0 Å². The second-order valence-electron chi connectivity index (χ2n) is 7.11. The number of likely N-dealkylation sites (tertiary alicyclic amines) is 1. The molecular formula is C23H32IN5O2. The molecule has 0 radical (unpaired) electrons. The average molecular weight is 537 g/mol. The molecule has 2 amide bonds. The Morgan fingerprint density at radius 2 is 1.84 bits per heavy atom. The lowest BCUT2D eigenvalue weighted by Gasteiger charge is -2.16. The van der Waals surface area contributed by atoms with Gasteiger partial charge in [-0.25, -0.2) is 9.79 Å². The second-order valence-corrected chi connectivity index (χ2v) is 7.11. The number of benzene rings is 2. The number of amides is 2. The molecule has 0 unspecified atom stereocenters. The minimum Gasteiger partial charge on any atom is -0.492 e. The summed E-state index contributed by atoms with van der Waals surface area (Å²) in [6.07, 6.45) is 2.16. The molecule has 8 heteroatoms. The van der Waals surface area contributed by atoms with Crippen molar-refractivity contribution in [2.75, 3.05) is 38.1 Å². The van der Waals surface area contributed by atoms with Crippen LogP contribution in [0.3, 0.4) is 0 Å². The molecule has 0 saturated carbocycles. The predicted molar refractivity (Wildman–Crippen MR) is 136 cm³/mol. The quantitative estimate of drug-likeness (QED) is 0.206. The highest BCUT2D eigenvalue weighted by atomic mass is 127. The first-order valence-electron chi connectivity index (χ1n) is 10.6. The van der Waals surface area contributed by atoms with Crippen LogP contribution in [0.5, 0.6) is 5.75 Å². The molecule has 7 nitrogen and oxygen atoms in total. The van der Waals surface area contributed by atoms with Gasteiger partial charge in [0.25, 0.3) is 0 Å². The zero-order valence-corrected chi connectivity index (χ0v) is 20.3. The maximum Gasteiger partial charge on any atom is 0.321 e. The molecule has 31 heavy (non-hydrogen) atoms. The number of nitrogens with one attached hydrogen (secondary N) is 3. The number of hydrogen-bond acceptors (Lipinski definition) is 3. The normalized spacial score (nSPS) is 13.3. The molecule has 0 bridgehead atoms. The van der Waals surface area contributed by atoms with Crippen LogP contribution in [0.2, 0.25) is 0 Å². The number of halogens is 1. The highest BCUT2D eigenvalue weighted by Crippen LogP contribution is 2.14. The first-order chi connectivity index (χ1) is 14.7. The molecule has 1 heterocycles. The molecule has 1 aliphatic heterocycles. The van der Waals surface area contributed by atoms with Crippen LogP contribution in [0.4, 0.5) is 10.5 Å². The molecule has 2 aromatic rings. The van der Waals surface area contributed by atoms with Gasteiger partial charge in [0.2, 0.25) is 0 Å². The van der Waals surface area contributed by atoms with E-state index < -0.39 is 0 Å². The summed E-state index contributed by atoms with van der Waals surface area (Å²) in [5.41, 5.74) is 1.83. The minimum atomic E-state index is -0.0263.